The van der Waals surface area contributed by atoms with E-state index in [1.54, 1.807) is 0 Å². The van der Waals surface area contributed by atoms with Crippen LogP contribution in [0.2, 0.25) is 0 Å². The molecule has 0 saturated carbocycles. The number of amides is 2. The SMILES string of the molecule is COC(=O)CCCC(=O)N1CCCC1=O. The third-order valence-corrected chi connectivity index (χ3v) is 2.37. The highest BCUT2D eigenvalue weighted by Gasteiger charge is 2.25. The highest BCUT2D eigenvalue weighted by atomic mass is 16.5. The molecule has 1 saturated heterocycles. The van der Waals surface area contributed by atoms with Crippen molar-refractivity contribution in [3.63, 3.8) is 0 Å². The van der Waals surface area contributed by atoms with Crippen molar-refractivity contribution in [1.29, 1.82) is 0 Å². The molecule has 0 spiro atoms. The summed E-state index contributed by atoms with van der Waals surface area (Å²) in [5, 5.41) is 0. The van der Waals surface area contributed by atoms with E-state index in [4.69, 9.17) is 0 Å². The number of likely N-dealkylation sites (tertiary alicyclic amines) is 1. The smallest absolute Gasteiger partial charge is 0.305 e. The van der Waals surface area contributed by atoms with Crippen LogP contribution in [-0.2, 0) is 19.1 Å². The molecule has 1 aliphatic heterocycles. The van der Waals surface area contributed by atoms with Crippen LogP contribution < -0.4 is 0 Å². The van der Waals surface area contributed by atoms with Gasteiger partial charge in [-0.1, -0.05) is 0 Å². The van der Waals surface area contributed by atoms with Crippen molar-refractivity contribution >= 4 is 17.8 Å². The zero-order chi connectivity index (χ0) is 11.3. The number of ether oxygens (including phenoxy) is 1. The number of carbonyl (C=O) groups is 3. The molecule has 1 fully saturated rings. The van der Waals surface area contributed by atoms with Gasteiger partial charge in [0.15, 0.2) is 0 Å². The predicted octanol–water partition coefficient (Wildman–Crippen LogP) is 0.479. The third-order valence-electron chi connectivity index (χ3n) is 2.37. The Morgan fingerprint density at radius 3 is 2.67 bits per heavy atom. The molecule has 5 heteroatoms. The number of hydrogen-bond donors (Lipinski definition) is 0. The molecule has 84 valence electrons. The molecule has 2 amide bonds. The first-order valence-corrected chi connectivity index (χ1v) is 5.05. The highest BCUT2D eigenvalue weighted by molar-refractivity contribution is 5.96. The van der Waals surface area contributed by atoms with Crippen LogP contribution in [0.15, 0.2) is 0 Å². The fourth-order valence-corrected chi connectivity index (χ4v) is 1.53. The molecular weight excluding hydrogens is 198 g/mol. The lowest BCUT2D eigenvalue weighted by Gasteiger charge is -2.12. The van der Waals surface area contributed by atoms with Gasteiger partial charge in [0.05, 0.1) is 7.11 Å². The third kappa shape index (κ3) is 3.34. The summed E-state index contributed by atoms with van der Waals surface area (Å²) in [4.78, 5) is 34.7. The van der Waals surface area contributed by atoms with E-state index < -0.39 is 0 Å². The largest absolute Gasteiger partial charge is 0.469 e. The Bertz CT molecular complexity index is 275. The van der Waals surface area contributed by atoms with Crippen molar-refractivity contribution in [1.82, 2.24) is 4.90 Å². The Labute approximate surface area is 88.4 Å². The van der Waals surface area contributed by atoms with Gasteiger partial charge in [0.1, 0.15) is 0 Å². The highest BCUT2D eigenvalue weighted by Crippen LogP contribution is 2.12. The molecule has 0 unspecified atom stereocenters. The van der Waals surface area contributed by atoms with Gasteiger partial charge in [-0.25, -0.2) is 0 Å². The molecule has 0 aliphatic carbocycles. The lowest BCUT2D eigenvalue weighted by Crippen LogP contribution is -2.31. The van der Waals surface area contributed by atoms with E-state index in [9.17, 15) is 14.4 Å². The van der Waals surface area contributed by atoms with Crippen molar-refractivity contribution in [3.8, 4) is 0 Å². The van der Waals surface area contributed by atoms with Gasteiger partial charge in [-0.2, -0.15) is 0 Å². The van der Waals surface area contributed by atoms with Gasteiger partial charge in [0.2, 0.25) is 11.8 Å². The van der Waals surface area contributed by atoms with Crippen LogP contribution in [0, 0.1) is 0 Å². The van der Waals surface area contributed by atoms with E-state index in [-0.39, 0.29) is 30.6 Å². The van der Waals surface area contributed by atoms with Crippen LogP contribution in [0.3, 0.4) is 0 Å². The Kier molecular flexibility index (Phi) is 4.27. The van der Waals surface area contributed by atoms with Gasteiger partial charge >= 0.3 is 5.97 Å². The number of rotatable bonds is 4. The first-order valence-electron chi connectivity index (χ1n) is 5.05. The normalized spacial score (nSPS) is 15.5. The predicted molar refractivity (Wildman–Crippen MR) is 51.8 cm³/mol. The van der Waals surface area contributed by atoms with Gasteiger partial charge in [-0.05, 0) is 12.8 Å². The monoisotopic (exact) mass is 213 g/mol. The molecule has 1 heterocycles. The first kappa shape index (κ1) is 11.7. The number of esters is 1. The lowest BCUT2D eigenvalue weighted by atomic mass is 10.2. The summed E-state index contributed by atoms with van der Waals surface area (Å²) in [5.74, 6) is -0.602. The second-order valence-electron chi connectivity index (χ2n) is 3.47. The number of methoxy groups -OCH3 is 1. The summed E-state index contributed by atoms with van der Waals surface area (Å²) in [6.45, 7) is 0.524. The van der Waals surface area contributed by atoms with E-state index in [2.05, 4.69) is 4.74 Å². The molecule has 0 aromatic carbocycles. The Hall–Kier alpha value is -1.39. The number of imide groups is 1. The zero-order valence-corrected chi connectivity index (χ0v) is 8.82. The first-order chi connectivity index (χ1) is 7.15. The second kappa shape index (κ2) is 5.48. The standard InChI is InChI=1S/C10H15NO4/c1-15-10(14)6-2-4-8(12)11-7-3-5-9(11)13/h2-7H2,1H3. The topological polar surface area (TPSA) is 63.7 Å². The van der Waals surface area contributed by atoms with Crippen LogP contribution in [0.1, 0.15) is 32.1 Å². The van der Waals surface area contributed by atoms with Crippen LogP contribution in [0.25, 0.3) is 0 Å². The van der Waals surface area contributed by atoms with Crippen LogP contribution in [0.4, 0.5) is 0 Å². The van der Waals surface area contributed by atoms with Gasteiger partial charge in [0, 0.05) is 25.8 Å². The van der Waals surface area contributed by atoms with Crippen LogP contribution >= 0.6 is 0 Å². The molecule has 1 aliphatic rings. The summed E-state index contributed by atoms with van der Waals surface area (Å²) >= 11 is 0. The second-order valence-corrected chi connectivity index (χ2v) is 3.47. The number of hydrogen-bond acceptors (Lipinski definition) is 4. The summed E-state index contributed by atoms with van der Waals surface area (Å²) in [6.07, 6.45) is 2.12. The Morgan fingerprint density at radius 2 is 2.13 bits per heavy atom. The molecule has 0 N–H and O–H groups in total. The Morgan fingerprint density at radius 1 is 1.40 bits per heavy atom. The summed E-state index contributed by atoms with van der Waals surface area (Å²) in [6, 6.07) is 0. The van der Waals surface area contributed by atoms with E-state index in [0.717, 1.165) is 6.42 Å². The van der Waals surface area contributed by atoms with Crippen LogP contribution in [-0.4, -0.2) is 36.3 Å². The van der Waals surface area contributed by atoms with Gasteiger partial charge in [-0.15, -0.1) is 0 Å². The minimum absolute atomic E-state index is 0.0990. The number of nitrogens with zero attached hydrogens (tertiary/aromatic N) is 1. The molecule has 0 radical (unpaired) electrons. The summed E-state index contributed by atoms with van der Waals surface area (Å²) < 4.78 is 4.45. The fourth-order valence-electron chi connectivity index (χ4n) is 1.53. The van der Waals surface area contributed by atoms with E-state index in [1.165, 1.54) is 12.0 Å². The van der Waals surface area contributed by atoms with Crippen LogP contribution in [0.5, 0.6) is 0 Å². The molecular formula is C10H15NO4. The maximum atomic E-state index is 11.5. The van der Waals surface area contributed by atoms with Gasteiger partial charge in [0.25, 0.3) is 0 Å². The van der Waals surface area contributed by atoms with Crippen molar-refractivity contribution in [2.45, 2.75) is 32.1 Å². The maximum Gasteiger partial charge on any atom is 0.305 e. The fraction of sp³-hybridized carbons (Fsp3) is 0.700. The van der Waals surface area contributed by atoms with E-state index in [0.29, 0.717) is 19.4 Å². The minimum atomic E-state index is -0.324. The van der Waals surface area contributed by atoms with E-state index in [1.807, 2.05) is 0 Å². The molecule has 1 rings (SSSR count). The summed E-state index contributed by atoms with van der Waals surface area (Å²) in [5.41, 5.74) is 0. The number of carbonyl (C=O) groups excluding carboxylic acids is 3. The lowest BCUT2D eigenvalue weighted by molar-refractivity contribution is -0.142. The van der Waals surface area contributed by atoms with Crippen molar-refractivity contribution in [2.75, 3.05) is 13.7 Å². The molecule has 0 aromatic heterocycles. The molecule has 0 atom stereocenters. The average Bonchev–Trinajstić information content (AvgIpc) is 2.64. The zero-order valence-electron chi connectivity index (χ0n) is 8.82. The quantitative estimate of drug-likeness (QED) is 0.637. The summed E-state index contributed by atoms with van der Waals surface area (Å²) in [7, 11) is 1.31. The molecule has 5 nitrogen and oxygen atoms in total. The maximum absolute atomic E-state index is 11.5. The van der Waals surface area contributed by atoms with Gasteiger partial charge in [-0.3, -0.25) is 19.3 Å². The Balaban J connectivity index is 2.24. The average molecular weight is 213 g/mol. The minimum Gasteiger partial charge on any atom is -0.469 e. The molecule has 0 aromatic rings. The van der Waals surface area contributed by atoms with E-state index >= 15 is 0 Å². The molecule has 15 heavy (non-hydrogen) atoms. The van der Waals surface area contributed by atoms with Gasteiger partial charge < -0.3 is 4.74 Å². The molecule has 0 bridgehead atoms. The van der Waals surface area contributed by atoms with Crippen molar-refractivity contribution < 1.29 is 19.1 Å². The van der Waals surface area contributed by atoms with Crippen molar-refractivity contribution in [3.05, 3.63) is 0 Å². The van der Waals surface area contributed by atoms with Crippen molar-refractivity contribution in [2.24, 2.45) is 0 Å².